The Kier molecular flexibility index (Phi) is 5.67. The summed E-state index contributed by atoms with van der Waals surface area (Å²) in [5.74, 6) is 2.05. The van der Waals surface area contributed by atoms with Crippen LogP contribution in [0.25, 0.3) is 5.69 Å². The molecule has 1 amide bonds. The Morgan fingerprint density at radius 2 is 1.79 bits per heavy atom. The van der Waals surface area contributed by atoms with Gasteiger partial charge in [-0.05, 0) is 60.9 Å². The molecule has 7 nitrogen and oxygen atoms in total. The number of aryl methyl sites for hydroxylation is 2. The van der Waals surface area contributed by atoms with Crippen molar-refractivity contribution < 1.29 is 14.3 Å². The van der Waals surface area contributed by atoms with Crippen LogP contribution >= 0.6 is 0 Å². The maximum absolute atomic E-state index is 12.8. The van der Waals surface area contributed by atoms with Gasteiger partial charge in [-0.25, -0.2) is 4.68 Å². The average molecular weight is 455 g/mol. The van der Waals surface area contributed by atoms with E-state index in [1.807, 2.05) is 74.5 Å². The summed E-state index contributed by atoms with van der Waals surface area (Å²) >= 11 is 0. The predicted octanol–water partition coefficient (Wildman–Crippen LogP) is 4.93. The number of nitrogens with zero attached hydrogens (tertiary/aromatic N) is 2. The highest BCUT2D eigenvalue weighted by molar-refractivity contribution is 6.01. The van der Waals surface area contributed by atoms with Gasteiger partial charge in [-0.15, -0.1) is 0 Å². The van der Waals surface area contributed by atoms with Crippen LogP contribution < -0.4 is 20.1 Å². The standard InChI is InChI=1S/C27H26N4O3/c1-17-9-10-18(2)24(13-17)34-16-20-14-19(11-12-23(20)33-3)25-29-26-22(27(32)30-25)15-28-31(26)21-7-5-4-6-8-21/h4-15,25,29H,16H2,1-3H3,(H,30,32)/t25-/m0/s1. The highest BCUT2D eigenvalue weighted by Gasteiger charge is 2.29. The summed E-state index contributed by atoms with van der Waals surface area (Å²) in [6.45, 7) is 4.41. The molecule has 0 saturated heterocycles. The number of carbonyl (C=O) groups is 1. The van der Waals surface area contributed by atoms with Gasteiger partial charge in [-0.3, -0.25) is 4.79 Å². The fraction of sp³-hybridized carbons (Fsp3) is 0.185. The number of amides is 1. The molecule has 1 aliphatic rings. The van der Waals surface area contributed by atoms with E-state index < -0.39 is 6.17 Å². The molecule has 2 heterocycles. The van der Waals surface area contributed by atoms with Crippen LogP contribution in [0.1, 0.15) is 38.8 Å². The Balaban J connectivity index is 1.43. The molecule has 0 fully saturated rings. The number of fused-ring (bicyclic) bond motifs is 1. The summed E-state index contributed by atoms with van der Waals surface area (Å²) in [4.78, 5) is 12.8. The third-order valence-corrected chi connectivity index (χ3v) is 5.94. The molecule has 0 saturated carbocycles. The largest absolute Gasteiger partial charge is 0.496 e. The van der Waals surface area contributed by atoms with E-state index in [2.05, 4.69) is 21.8 Å². The second-order valence-corrected chi connectivity index (χ2v) is 8.33. The van der Waals surface area contributed by atoms with E-state index in [1.54, 1.807) is 18.0 Å². The van der Waals surface area contributed by atoms with E-state index >= 15 is 0 Å². The van der Waals surface area contributed by atoms with Gasteiger partial charge in [0.05, 0.1) is 19.0 Å². The summed E-state index contributed by atoms with van der Waals surface area (Å²) < 4.78 is 13.4. The molecule has 0 bridgehead atoms. The normalized spacial score (nSPS) is 14.7. The monoisotopic (exact) mass is 454 g/mol. The number of ether oxygens (including phenoxy) is 2. The molecule has 3 aromatic carbocycles. The number of methoxy groups -OCH3 is 1. The van der Waals surface area contributed by atoms with Crippen LogP contribution in [0, 0.1) is 13.8 Å². The van der Waals surface area contributed by atoms with E-state index in [9.17, 15) is 4.79 Å². The first kappa shape index (κ1) is 21.6. The van der Waals surface area contributed by atoms with Gasteiger partial charge in [0.25, 0.3) is 5.91 Å². The van der Waals surface area contributed by atoms with Crippen LogP contribution in [-0.2, 0) is 6.61 Å². The third-order valence-electron chi connectivity index (χ3n) is 5.94. The van der Waals surface area contributed by atoms with Crippen LogP contribution in [0.5, 0.6) is 11.5 Å². The maximum Gasteiger partial charge on any atom is 0.258 e. The van der Waals surface area contributed by atoms with E-state index in [0.29, 0.717) is 18.0 Å². The Morgan fingerprint density at radius 3 is 2.59 bits per heavy atom. The smallest absolute Gasteiger partial charge is 0.258 e. The second-order valence-electron chi connectivity index (χ2n) is 8.33. The summed E-state index contributed by atoms with van der Waals surface area (Å²) in [7, 11) is 1.64. The van der Waals surface area contributed by atoms with Crippen molar-refractivity contribution in [2.24, 2.45) is 0 Å². The molecule has 1 aromatic heterocycles. The molecule has 0 radical (unpaired) electrons. The van der Waals surface area contributed by atoms with Crippen molar-refractivity contribution in [3.05, 3.63) is 101 Å². The number of hydrogen-bond acceptors (Lipinski definition) is 5. The minimum absolute atomic E-state index is 0.176. The van der Waals surface area contributed by atoms with Crippen LogP contribution in [0.4, 0.5) is 5.82 Å². The fourth-order valence-corrected chi connectivity index (χ4v) is 4.08. The molecule has 0 aliphatic carbocycles. The molecule has 0 spiro atoms. The van der Waals surface area contributed by atoms with Crippen molar-refractivity contribution >= 4 is 11.7 Å². The zero-order chi connectivity index (χ0) is 23.7. The van der Waals surface area contributed by atoms with Gasteiger partial charge in [0.15, 0.2) is 0 Å². The van der Waals surface area contributed by atoms with Crippen LogP contribution in [-0.4, -0.2) is 22.8 Å². The summed E-state index contributed by atoms with van der Waals surface area (Å²) in [5, 5.41) is 10.9. The zero-order valence-corrected chi connectivity index (χ0v) is 19.3. The van der Waals surface area contributed by atoms with Crippen molar-refractivity contribution in [3.8, 4) is 17.2 Å². The van der Waals surface area contributed by atoms with E-state index in [-0.39, 0.29) is 5.91 Å². The second kappa shape index (κ2) is 8.94. The highest BCUT2D eigenvalue weighted by atomic mass is 16.5. The van der Waals surface area contributed by atoms with Gasteiger partial charge in [0.2, 0.25) is 0 Å². The molecule has 7 heteroatoms. The van der Waals surface area contributed by atoms with Gasteiger partial charge in [0, 0.05) is 5.56 Å². The van der Waals surface area contributed by atoms with Crippen LogP contribution in [0.2, 0.25) is 0 Å². The Labute approximate surface area is 198 Å². The molecular formula is C27H26N4O3. The third kappa shape index (κ3) is 4.08. The zero-order valence-electron chi connectivity index (χ0n) is 19.3. The number of para-hydroxylation sites is 1. The quantitative estimate of drug-likeness (QED) is 0.432. The Morgan fingerprint density at radius 1 is 0.971 bits per heavy atom. The lowest BCUT2D eigenvalue weighted by Gasteiger charge is -2.27. The topological polar surface area (TPSA) is 77.4 Å². The number of benzene rings is 3. The van der Waals surface area contributed by atoms with E-state index in [0.717, 1.165) is 39.4 Å². The number of rotatable bonds is 6. The molecule has 1 aliphatic heterocycles. The number of aromatic nitrogens is 2. The van der Waals surface area contributed by atoms with E-state index in [4.69, 9.17) is 9.47 Å². The van der Waals surface area contributed by atoms with Crippen molar-refractivity contribution in [2.45, 2.75) is 26.6 Å². The lowest BCUT2D eigenvalue weighted by Crippen LogP contribution is -2.38. The highest BCUT2D eigenvalue weighted by Crippen LogP contribution is 2.31. The summed E-state index contributed by atoms with van der Waals surface area (Å²) in [6, 6.07) is 21.7. The number of anilines is 1. The minimum Gasteiger partial charge on any atom is -0.496 e. The number of nitrogens with one attached hydrogen (secondary N) is 2. The van der Waals surface area contributed by atoms with Crippen LogP contribution in [0.3, 0.4) is 0 Å². The molecule has 5 rings (SSSR count). The number of carbonyl (C=O) groups excluding carboxylic acids is 1. The average Bonchev–Trinajstić information content (AvgIpc) is 3.29. The predicted molar refractivity (Wildman–Crippen MR) is 131 cm³/mol. The first-order valence-corrected chi connectivity index (χ1v) is 11.1. The first-order valence-electron chi connectivity index (χ1n) is 11.1. The van der Waals surface area contributed by atoms with Crippen molar-refractivity contribution in [1.82, 2.24) is 15.1 Å². The van der Waals surface area contributed by atoms with Crippen molar-refractivity contribution in [3.63, 3.8) is 0 Å². The molecule has 4 aromatic rings. The minimum atomic E-state index is -0.426. The van der Waals surface area contributed by atoms with Crippen LogP contribution in [0.15, 0.2) is 72.9 Å². The van der Waals surface area contributed by atoms with Gasteiger partial charge >= 0.3 is 0 Å². The van der Waals surface area contributed by atoms with Gasteiger partial charge in [0.1, 0.15) is 35.7 Å². The van der Waals surface area contributed by atoms with Gasteiger partial charge < -0.3 is 20.1 Å². The lowest BCUT2D eigenvalue weighted by molar-refractivity contribution is 0.0935. The van der Waals surface area contributed by atoms with E-state index in [1.165, 1.54) is 0 Å². The molecular weight excluding hydrogens is 428 g/mol. The molecule has 2 N–H and O–H groups in total. The Hall–Kier alpha value is -4.26. The van der Waals surface area contributed by atoms with Gasteiger partial charge in [-0.2, -0.15) is 5.10 Å². The summed E-state index contributed by atoms with van der Waals surface area (Å²) in [5.41, 5.74) is 5.37. The fourth-order valence-electron chi connectivity index (χ4n) is 4.08. The molecule has 0 unspecified atom stereocenters. The molecule has 1 atom stereocenters. The van der Waals surface area contributed by atoms with Crippen molar-refractivity contribution in [1.29, 1.82) is 0 Å². The molecule has 172 valence electrons. The maximum atomic E-state index is 12.8. The summed E-state index contributed by atoms with van der Waals surface area (Å²) in [6.07, 6.45) is 1.16. The lowest BCUT2D eigenvalue weighted by atomic mass is 10.1. The SMILES string of the molecule is COc1ccc([C@@H]2NC(=O)c3cnn(-c4ccccc4)c3N2)cc1COc1cc(C)ccc1C. The molecule has 34 heavy (non-hydrogen) atoms. The number of hydrogen-bond donors (Lipinski definition) is 2. The van der Waals surface area contributed by atoms with Gasteiger partial charge in [-0.1, -0.05) is 36.4 Å². The van der Waals surface area contributed by atoms with Crippen molar-refractivity contribution in [2.75, 3.05) is 12.4 Å². The Bertz CT molecular complexity index is 1350. The first-order chi connectivity index (χ1) is 16.5.